The van der Waals surface area contributed by atoms with Gasteiger partial charge in [-0.15, -0.1) is 47.0 Å². The molecule has 0 heterocycles. The normalized spacial score (nSPS) is 10.5. The summed E-state index contributed by atoms with van der Waals surface area (Å²) in [5.74, 6) is 6.66. The van der Waals surface area contributed by atoms with Gasteiger partial charge in [-0.1, -0.05) is 0 Å². The maximum atomic E-state index is 5.33. The standard InChI is InChI=1S/C5H15N3S4/c6-1-9-3-11-5-12-4-10-2-8-7/h8H,1-7H2. The van der Waals surface area contributed by atoms with Crippen molar-refractivity contribution in [2.45, 2.75) is 0 Å². The molecule has 0 radical (unpaired) electrons. The molecule has 0 unspecified atom stereocenters. The number of hydrogen-bond donors (Lipinski definition) is 3. The molecule has 5 N–H and O–H groups in total. The van der Waals surface area contributed by atoms with E-state index >= 15 is 0 Å². The van der Waals surface area contributed by atoms with Gasteiger partial charge in [-0.3, -0.25) is 11.3 Å². The first-order valence-corrected chi connectivity index (χ1v) is 7.98. The SMILES string of the molecule is NCSCSCSCSCNN. The van der Waals surface area contributed by atoms with Gasteiger partial charge in [0.2, 0.25) is 0 Å². The first-order valence-electron chi connectivity index (χ1n) is 3.36. The highest BCUT2D eigenvalue weighted by Gasteiger charge is 1.90. The van der Waals surface area contributed by atoms with Crippen molar-refractivity contribution in [1.82, 2.24) is 5.43 Å². The Morgan fingerprint density at radius 3 is 2.08 bits per heavy atom. The zero-order valence-corrected chi connectivity index (χ0v) is 10.1. The molecule has 0 saturated carbocycles. The summed E-state index contributed by atoms with van der Waals surface area (Å²) in [7, 11) is 0. The third-order valence-corrected chi connectivity index (χ3v) is 5.41. The average Bonchev–Trinajstić information content (AvgIpc) is 2.10. The topological polar surface area (TPSA) is 64.1 Å². The summed E-state index contributed by atoms with van der Waals surface area (Å²) in [5, 5.41) is 3.35. The van der Waals surface area contributed by atoms with Crippen molar-refractivity contribution >= 4 is 47.0 Å². The highest BCUT2D eigenvalue weighted by molar-refractivity contribution is 8.25. The smallest absolute Gasteiger partial charge is 0.0562 e. The number of rotatable bonds is 9. The Bertz CT molecular complexity index is 75.1. The van der Waals surface area contributed by atoms with E-state index in [0.717, 1.165) is 27.0 Å². The third-order valence-electron chi connectivity index (χ3n) is 0.803. The molecule has 0 atom stereocenters. The van der Waals surface area contributed by atoms with E-state index in [-0.39, 0.29) is 0 Å². The first kappa shape index (κ1) is 13.3. The van der Waals surface area contributed by atoms with Gasteiger partial charge in [0.15, 0.2) is 0 Å². The molecule has 0 rings (SSSR count). The lowest BCUT2D eigenvalue weighted by Gasteiger charge is -2.00. The van der Waals surface area contributed by atoms with Crippen molar-refractivity contribution < 1.29 is 0 Å². The van der Waals surface area contributed by atoms with E-state index in [1.165, 1.54) is 0 Å². The lowest BCUT2D eigenvalue weighted by Crippen LogP contribution is -2.20. The average molecular weight is 245 g/mol. The second kappa shape index (κ2) is 12.3. The molecule has 0 fully saturated rings. The van der Waals surface area contributed by atoms with E-state index in [1.54, 1.807) is 23.5 Å². The van der Waals surface area contributed by atoms with Gasteiger partial charge in [-0.05, 0) is 0 Å². The van der Waals surface area contributed by atoms with Crippen LogP contribution in [0, 0.1) is 0 Å². The molecule has 0 saturated heterocycles. The molecule has 0 amide bonds. The molecule has 0 aliphatic carbocycles. The zero-order chi connectivity index (χ0) is 9.07. The van der Waals surface area contributed by atoms with Crippen molar-refractivity contribution in [2.24, 2.45) is 11.6 Å². The number of thioether (sulfide) groups is 4. The second-order valence-corrected chi connectivity index (χ2v) is 6.77. The summed E-state index contributed by atoms with van der Waals surface area (Å²) < 4.78 is 0. The molecular weight excluding hydrogens is 230 g/mol. The van der Waals surface area contributed by atoms with Crippen molar-refractivity contribution in [1.29, 1.82) is 0 Å². The molecule has 0 aliphatic rings. The van der Waals surface area contributed by atoms with Gasteiger partial charge >= 0.3 is 0 Å². The van der Waals surface area contributed by atoms with Crippen molar-refractivity contribution in [3.63, 3.8) is 0 Å². The molecule has 0 aromatic carbocycles. The molecule has 0 aliphatic heterocycles. The largest absolute Gasteiger partial charge is 0.322 e. The van der Waals surface area contributed by atoms with E-state index in [9.17, 15) is 0 Å². The van der Waals surface area contributed by atoms with E-state index in [2.05, 4.69) is 5.43 Å². The van der Waals surface area contributed by atoms with E-state index in [1.807, 2.05) is 23.5 Å². The van der Waals surface area contributed by atoms with Gasteiger partial charge in [0.05, 0.1) is 5.88 Å². The predicted octanol–water partition coefficient (Wildman–Crippen LogP) is 1.13. The Kier molecular flexibility index (Phi) is 13.6. The molecule has 12 heavy (non-hydrogen) atoms. The molecule has 7 heteroatoms. The summed E-state index contributed by atoms with van der Waals surface area (Å²) >= 11 is 7.40. The van der Waals surface area contributed by atoms with E-state index in [0.29, 0.717) is 0 Å². The van der Waals surface area contributed by atoms with Crippen LogP contribution in [0.5, 0.6) is 0 Å². The third kappa shape index (κ3) is 11.3. The zero-order valence-electron chi connectivity index (χ0n) is 6.82. The minimum Gasteiger partial charge on any atom is -0.322 e. The number of nitrogens with two attached hydrogens (primary N) is 2. The van der Waals surface area contributed by atoms with Crippen LogP contribution in [0.15, 0.2) is 0 Å². The Balaban J connectivity index is 2.73. The van der Waals surface area contributed by atoms with E-state index in [4.69, 9.17) is 11.6 Å². The summed E-state index contributed by atoms with van der Waals surface area (Å²) in [4.78, 5) is 0. The predicted molar refractivity (Wildman–Crippen MR) is 66.2 cm³/mol. The van der Waals surface area contributed by atoms with Crippen LogP contribution in [0.25, 0.3) is 0 Å². The summed E-state index contributed by atoms with van der Waals surface area (Å²) in [6.07, 6.45) is 0. The van der Waals surface area contributed by atoms with Crippen LogP contribution in [-0.2, 0) is 0 Å². The number of hydrazine groups is 1. The molecule has 0 bridgehead atoms. The van der Waals surface area contributed by atoms with Crippen LogP contribution in [0.2, 0.25) is 0 Å². The number of nitrogens with one attached hydrogen (secondary N) is 1. The minimum absolute atomic E-state index is 0.726. The van der Waals surface area contributed by atoms with Crippen LogP contribution < -0.4 is 17.0 Å². The number of hydrogen-bond acceptors (Lipinski definition) is 7. The fraction of sp³-hybridized carbons (Fsp3) is 1.00. The van der Waals surface area contributed by atoms with Gasteiger partial charge in [0.1, 0.15) is 0 Å². The van der Waals surface area contributed by atoms with E-state index < -0.39 is 0 Å². The molecule has 0 aromatic heterocycles. The Labute approximate surface area is 90.9 Å². The van der Waals surface area contributed by atoms with Crippen LogP contribution in [0.1, 0.15) is 0 Å². The Morgan fingerprint density at radius 2 is 1.50 bits per heavy atom. The summed E-state index contributed by atoms with van der Waals surface area (Å²) in [5.41, 5.74) is 7.93. The second-order valence-electron chi connectivity index (χ2n) is 1.69. The lowest BCUT2D eigenvalue weighted by molar-refractivity contribution is 0.872. The van der Waals surface area contributed by atoms with Crippen LogP contribution >= 0.6 is 47.0 Å². The van der Waals surface area contributed by atoms with Gasteiger partial charge in [0.25, 0.3) is 0 Å². The Morgan fingerprint density at radius 1 is 0.917 bits per heavy atom. The van der Waals surface area contributed by atoms with Gasteiger partial charge in [0, 0.05) is 21.1 Å². The fourth-order valence-electron chi connectivity index (χ4n) is 0.394. The quantitative estimate of drug-likeness (QED) is 0.243. The fourth-order valence-corrected chi connectivity index (χ4v) is 4.41. The summed E-state index contributed by atoms with van der Waals surface area (Å²) in [6, 6.07) is 0. The van der Waals surface area contributed by atoms with Gasteiger partial charge < -0.3 is 5.73 Å². The highest BCUT2D eigenvalue weighted by atomic mass is 32.2. The highest BCUT2D eigenvalue weighted by Crippen LogP contribution is 2.19. The maximum absolute atomic E-state index is 5.33. The monoisotopic (exact) mass is 245 g/mol. The molecular formula is C5H15N3S4. The first-order chi connectivity index (χ1) is 5.91. The minimum atomic E-state index is 0.726. The molecule has 3 nitrogen and oxygen atoms in total. The molecule has 74 valence electrons. The molecule has 0 spiro atoms. The maximum Gasteiger partial charge on any atom is 0.0562 e. The lowest BCUT2D eigenvalue weighted by atomic mass is 11.5. The summed E-state index contributed by atoms with van der Waals surface area (Å²) in [6.45, 7) is 0. The van der Waals surface area contributed by atoms with Crippen molar-refractivity contribution in [2.75, 3.05) is 27.0 Å². The van der Waals surface area contributed by atoms with Crippen LogP contribution in [0.3, 0.4) is 0 Å². The van der Waals surface area contributed by atoms with Gasteiger partial charge in [-0.25, -0.2) is 0 Å². The van der Waals surface area contributed by atoms with Crippen LogP contribution in [0.4, 0.5) is 0 Å². The van der Waals surface area contributed by atoms with Crippen molar-refractivity contribution in [3.05, 3.63) is 0 Å². The van der Waals surface area contributed by atoms with Gasteiger partial charge in [-0.2, -0.15) is 0 Å². The van der Waals surface area contributed by atoms with Crippen molar-refractivity contribution in [3.8, 4) is 0 Å². The molecule has 0 aromatic rings. The van der Waals surface area contributed by atoms with Crippen LogP contribution in [-0.4, -0.2) is 27.0 Å². The Hall–Kier alpha value is 1.28.